The van der Waals surface area contributed by atoms with Crippen molar-refractivity contribution in [3.63, 3.8) is 0 Å². The maximum atomic E-state index is 12.0. The van der Waals surface area contributed by atoms with Crippen LogP contribution >= 0.6 is 11.6 Å². The third-order valence-corrected chi connectivity index (χ3v) is 3.94. The number of halogens is 1. The molecule has 0 bridgehead atoms. The number of hydrogen-bond acceptors (Lipinski definition) is 4. The van der Waals surface area contributed by atoms with Gasteiger partial charge in [-0.05, 0) is 37.2 Å². The van der Waals surface area contributed by atoms with Crippen LogP contribution in [-0.4, -0.2) is 26.2 Å². The van der Waals surface area contributed by atoms with E-state index in [1.807, 2.05) is 44.2 Å². The quantitative estimate of drug-likeness (QED) is 0.750. The fourth-order valence-electron chi connectivity index (χ4n) is 2.22. The van der Waals surface area contributed by atoms with Crippen molar-refractivity contribution >= 4 is 23.2 Å². The average molecular weight is 363 g/mol. The zero-order valence-electron chi connectivity index (χ0n) is 14.7. The summed E-state index contributed by atoms with van der Waals surface area (Å²) in [7, 11) is 1.56. The van der Waals surface area contributed by atoms with Crippen LogP contribution in [0.3, 0.4) is 0 Å². The second kappa shape index (κ2) is 9.30. The monoisotopic (exact) mass is 362 g/mol. The second-order valence-corrected chi connectivity index (χ2v) is 5.98. The Balaban J connectivity index is 2.00. The first kappa shape index (κ1) is 19.1. The van der Waals surface area contributed by atoms with Crippen molar-refractivity contribution in [1.82, 2.24) is 5.32 Å². The molecule has 0 aromatic heterocycles. The Morgan fingerprint density at radius 3 is 2.52 bits per heavy atom. The number of anilines is 1. The van der Waals surface area contributed by atoms with Gasteiger partial charge in [-0.15, -0.1) is 0 Å². The lowest BCUT2D eigenvalue weighted by Gasteiger charge is -2.14. The second-order valence-electron chi connectivity index (χ2n) is 5.58. The molecule has 5 nitrogen and oxygen atoms in total. The van der Waals surface area contributed by atoms with Crippen molar-refractivity contribution in [2.75, 3.05) is 25.6 Å². The molecular weight excluding hydrogens is 340 g/mol. The van der Waals surface area contributed by atoms with Crippen LogP contribution in [-0.2, 0) is 11.3 Å². The van der Waals surface area contributed by atoms with Crippen LogP contribution in [0.1, 0.15) is 18.1 Å². The number of carbonyl (C=O) groups excluding carboxylic acids is 1. The fourth-order valence-corrected chi connectivity index (χ4v) is 2.44. The fraction of sp³-hybridized carbons (Fsp3) is 0.316. The Bertz CT molecular complexity index is 717. The predicted octanol–water partition coefficient (Wildman–Crippen LogP) is 3.78. The van der Waals surface area contributed by atoms with E-state index in [4.69, 9.17) is 21.1 Å². The highest BCUT2D eigenvalue weighted by molar-refractivity contribution is 6.31. The summed E-state index contributed by atoms with van der Waals surface area (Å²) in [5, 5.41) is 6.56. The van der Waals surface area contributed by atoms with Gasteiger partial charge < -0.3 is 20.1 Å². The van der Waals surface area contributed by atoms with E-state index in [9.17, 15) is 4.79 Å². The summed E-state index contributed by atoms with van der Waals surface area (Å²) in [6.07, 6.45) is 0. The first-order chi connectivity index (χ1) is 12.0. The summed E-state index contributed by atoms with van der Waals surface area (Å²) in [5.74, 6) is 0.728. The van der Waals surface area contributed by atoms with E-state index in [1.54, 1.807) is 13.2 Å². The highest BCUT2D eigenvalue weighted by atomic mass is 35.5. The Kier molecular flexibility index (Phi) is 7.10. The molecule has 6 heteroatoms. The molecule has 0 aliphatic heterocycles. The van der Waals surface area contributed by atoms with Gasteiger partial charge in [-0.3, -0.25) is 4.79 Å². The van der Waals surface area contributed by atoms with Crippen LogP contribution < -0.4 is 20.1 Å². The Hall–Kier alpha value is -2.24. The average Bonchev–Trinajstić information content (AvgIpc) is 2.61. The molecule has 0 aliphatic carbocycles. The van der Waals surface area contributed by atoms with Crippen LogP contribution in [0.2, 0.25) is 5.02 Å². The highest BCUT2D eigenvalue weighted by Gasteiger charge is 2.12. The predicted molar refractivity (Wildman–Crippen MR) is 101 cm³/mol. The molecule has 0 heterocycles. The maximum Gasteiger partial charge on any atom is 0.262 e. The number of amides is 1. The molecule has 0 aliphatic rings. The molecule has 0 radical (unpaired) electrons. The molecule has 0 fully saturated rings. The molecule has 25 heavy (non-hydrogen) atoms. The number of nitrogens with one attached hydrogen (secondary N) is 2. The summed E-state index contributed by atoms with van der Waals surface area (Å²) in [6.45, 7) is 5.36. The number of rotatable bonds is 8. The van der Waals surface area contributed by atoms with Crippen molar-refractivity contribution in [1.29, 1.82) is 0 Å². The van der Waals surface area contributed by atoms with Crippen molar-refractivity contribution in [2.45, 2.75) is 20.4 Å². The molecule has 134 valence electrons. The van der Waals surface area contributed by atoms with Gasteiger partial charge in [0.2, 0.25) is 0 Å². The van der Waals surface area contributed by atoms with E-state index >= 15 is 0 Å². The Morgan fingerprint density at radius 2 is 1.88 bits per heavy atom. The Morgan fingerprint density at radius 1 is 1.16 bits per heavy atom. The van der Waals surface area contributed by atoms with Gasteiger partial charge in [0.1, 0.15) is 0 Å². The minimum absolute atomic E-state index is 0.132. The van der Waals surface area contributed by atoms with E-state index in [2.05, 4.69) is 10.6 Å². The summed E-state index contributed by atoms with van der Waals surface area (Å²) < 4.78 is 10.9. The van der Waals surface area contributed by atoms with Gasteiger partial charge >= 0.3 is 0 Å². The van der Waals surface area contributed by atoms with Crippen molar-refractivity contribution in [3.05, 3.63) is 52.5 Å². The van der Waals surface area contributed by atoms with Gasteiger partial charge in [0.25, 0.3) is 5.91 Å². The smallest absolute Gasteiger partial charge is 0.262 e. The third kappa shape index (κ3) is 5.66. The largest absolute Gasteiger partial charge is 0.493 e. The highest BCUT2D eigenvalue weighted by Crippen LogP contribution is 2.33. The van der Waals surface area contributed by atoms with Crippen molar-refractivity contribution in [3.8, 4) is 11.5 Å². The number of hydrogen-bond donors (Lipinski definition) is 2. The lowest BCUT2D eigenvalue weighted by molar-refractivity contribution is -0.118. The van der Waals surface area contributed by atoms with Gasteiger partial charge in [0.05, 0.1) is 7.11 Å². The topological polar surface area (TPSA) is 59.6 Å². The van der Waals surface area contributed by atoms with Crippen molar-refractivity contribution < 1.29 is 14.3 Å². The number of aryl methyl sites for hydroxylation is 1. The minimum Gasteiger partial charge on any atom is -0.493 e. The summed E-state index contributed by atoms with van der Waals surface area (Å²) in [6, 6.07) is 11.1. The molecule has 0 spiro atoms. The zero-order valence-corrected chi connectivity index (χ0v) is 15.4. The molecule has 2 N–H and O–H groups in total. The van der Waals surface area contributed by atoms with Crippen LogP contribution in [0.25, 0.3) is 0 Å². The minimum atomic E-state index is -0.251. The van der Waals surface area contributed by atoms with E-state index in [1.165, 1.54) is 0 Å². The third-order valence-electron chi connectivity index (χ3n) is 3.59. The van der Waals surface area contributed by atoms with Gasteiger partial charge in [-0.2, -0.15) is 0 Å². The molecule has 0 atom stereocenters. The SMILES string of the molecule is CCNCc1cc(OC)c(OCC(=O)Nc2ccc(C)cc2)cc1Cl. The zero-order chi connectivity index (χ0) is 18.2. The number of benzene rings is 2. The van der Waals surface area contributed by atoms with Crippen LogP contribution in [0.5, 0.6) is 11.5 Å². The summed E-state index contributed by atoms with van der Waals surface area (Å²) in [4.78, 5) is 12.0. The van der Waals surface area contributed by atoms with E-state index in [-0.39, 0.29) is 12.5 Å². The number of ether oxygens (including phenoxy) is 2. The van der Waals surface area contributed by atoms with E-state index in [0.717, 1.165) is 23.4 Å². The standard InChI is InChI=1S/C19H23ClN2O3/c1-4-21-11-14-9-17(24-3)18(10-16(14)20)25-12-19(23)22-15-7-5-13(2)6-8-15/h5-10,21H,4,11-12H2,1-3H3,(H,22,23). The van der Waals surface area contributed by atoms with Crippen molar-refractivity contribution in [2.24, 2.45) is 0 Å². The summed E-state index contributed by atoms with van der Waals surface area (Å²) >= 11 is 6.28. The summed E-state index contributed by atoms with van der Waals surface area (Å²) in [5.41, 5.74) is 2.77. The van der Waals surface area contributed by atoms with Gasteiger partial charge in [0, 0.05) is 23.3 Å². The first-order valence-corrected chi connectivity index (χ1v) is 8.47. The molecule has 0 unspecified atom stereocenters. The lowest BCUT2D eigenvalue weighted by Crippen LogP contribution is -2.20. The molecule has 2 aromatic carbocycles. The van der Waals surface area contributed by atoms with E-state index in [0.29, 0.717) is 23.1 Å². The molecule has 0 saturated heterocycles. The maximum absolute atomic E-state index is 12.0. The van der Waals surface area contributed by atoms with Crippen LogP contribution in [0, 0.1) is 6.92 Å². The molecule has 1 amide bonds. The molecule has 2 aromatic rings. The van der Waals surface area contributed by atoms with Gasteiger partial charge in [-0.1, -0.05) is 36.2 Å². The van der Waals surface area contributed by atoms with Gasteiger partial charge in [0.15, 0.2) is 18.1 Å². The Labute approximate surface area is 153 Å². The normalized spacial score (nSPS) is 10.4. The van der Waals surface area contributed by atoms with E-state index < -0.39 is 0 Å². The molecule has 0 saturated carbocycles. The van der Waals surface area contributed by atoms with Gasteiger partial charge in [-0.25, -0.2) is 0 Å². The molecule has 2 rings (SSSR count). The molecular formula is C19H23ClN2O3. The number of carbonyl (C=O) groups is 1. The number of methoxy groups -OCH3 is 1. The van der Waals surface area contributed by atoms with Crippen LogP contribution in [0.15, 0.2) is 36.4 Å². The lowest BCUT2D eigenvalue weighted by atomic mass is 10.2. The van der Waals surface area contributed by atoms with Crippen LogP contribution in [0.4, 0.5) is 5.69 Å². The first-order valence-electron chi connectivity index (χ1n) is 8.10.